The summed E-state index contributed by atoms with van der Waals surface area (Å²) in [6.07, 6.45) is -4.33. The number of carboxylic acids is 1. The van der Waals surface area contributed by atoms with E-state index in [-0.39, 0.29) is 22.3 Å². The number of hydrogen-bond acceptors (Lipinski definition) is 6. The van der Waals surface area contributed by atoms with Gasteiger partial charge in [0.15, 0.2) is 16.4 Å². The summed E-state index contributed by atoms with van der Waals surface area (Å²) in [5, 5.41) is 11.6. The molecule has 2 N–H and O–H groups in total. The number of halogens is 4. The van der Waals surface area contributed by atoms with Crippen LogP contribution in [0.3, 0.4) is 0 Å². The average Bonchev–Trinajstić information content (AvgIpc) is 2.71. The van der Waals surface area contributed by atoms with Crippen LogP contribution in [0, 0.1) is 6.92 Å². The molecule has 0 heterocycles. The highest BCUT2D eigenvalue weighted by Gasteiger charge is 2.32. The molecule has 0 amide bonds. The van der Waals surface area contributed by atoms with Gasteiger partial charge in [0.05, 0.1) is 21.2 Å². The standard InChI is InChI=1S/C22H25ClF3NO5S2/c1-14-10-17(5-6-19(14)32-13-21(28)29)33-15(2)12-27-8-3-9-34(30,31)20-7-4-16(11-18(20)23)22(24,25)26/h4-7,10-11,15,27H,3,8-9,12-13H2,1-2H3,(H,28,29). The first-order chi connectivity index (χ1) is 15.8. The van der Waals surface area contributed by atoms with E-state index in [1.165, 1.54) is 0 Å². The molecule has 0 fully saturated rings. The van der Waals surface area contributed by atoms with Crippen molar-refractivity contribution in [3.8, 4) is 5.75 Å². The maximum atomic E-state index is 12.7. The highest BCUT2D eigenvalue weighted by Crippen LogP contribution is 2.34. The monoisotopic (exact) mass is 539 g/mol. The van der Waals surface area contributed by atoms with Crippen LogP contribution in [-0.4, -0.2) is 50.2 Å². The molecule has 0 aliphatic carbocycles. The number of aryl methyl sites for hydroxylation is 1. The fourth-order valence-electron chi connectivity index (χ4n) is 3.00. The molecule has 0 saturated heterocycles. The van der Waals surface area contributed by atoms with Gasteiger partial charge in [-0.3, -0.25) is 0 Å². The van der Waals surface area contributed by atoms with E-state index in [1.54, 1.807) is 17.8 Å². The van der Waals surface area contributed by atoms with Gasteiger partial charge in [-0.05, 0) is 61.9 Å². The number of ether oxygens (including phenoxy) is 1. The normalized spacial score (nSPS) is 13.0. The Labute approximate surface area is 205 Å². The second-order valence-electron chi connectivity index (χ2n) is 7.56. The maximum Gasteiger partial charge on any atom is 0.416 e. The summed E-state index contributed by atoms with van der Waals surface area (Å²) in [7, 11) is -3.81. The Morgan fingerprint density at radius 1 is 1.24 bits per heavy atom. The van der Waals surface area contributed by atoms with Crippen molar-refractivity contribution >= 4 is 39.2 Å². The summed E-state index contributed by atoms with van der Waals surface area (Å²) < 4.78 is 68.3. The van der Waals surface area contributed by atoms with E-state index in [1.807, 2.05) is 26.0 Å². The lowest BCUT2D eigenvalue weighted by Crippen LogP contribution is -2.25. The van der Waals surface area contributed by atoms with Gasteiger partial charge in [0.1, 0.15) is 5.75 Å². The predicted octanol–water partition coefficient (Wildman–Crippen LogP) is 5.06. The zero-order chi connectivity index (χ0) is 25.5. The van der Waals surface area contributed by atoms with Crippen LogP contribution in [0.4, 0.5) is 13.2 Å². The van der Waals surface area contributed by atoms with Crippen molar-refractivity contribution in [3.05, 3.63) is 52.5 Å². The van der Waals surface area contributed by atoms with E-state index in [9.17, 15) is 26.4 Å². The third-order valence-electron chi connectivity index (χ3n) is 4.63. The number of benzene rings is 2. The third-order valence-corrected chi connectivity index (χ3v) is 8.00. The molecule has 2 aromatic carbocycles. The number of aliphatic carboxylic acids is 1. The smallest absolute Gasteiger partial charge is 0.416 e. The summed E-state index contributed by atoms with van der Waals surface area (Å²) >= 11 is 7.39. The summed E-state index contributed by atoms with van der Waals surface area (Å²) in [6, 6.07) is 7.69. The minimum absolute atomic E-state index is 0.158. The van der Waals surface area contributed by atoms with Gasteiger partial charge in [-0.25, -0.2) is 13.2 Å². The van der Waals surface area contributed by atoms with Crippen molar-refractivity contribution in [3.63, 3.8) is 0 Å². The zero-order valence-corrected chi connectivity index (χ0v) is 20.9. The van der Waals surface area contributed by atoms with E-state index < -0.39 is 39.2 Å². The molecule has 12 heteroatoms. The van der Waals surface area contributed by atoms with Crippen molar-refractivity contribution in [2.24, 2.45) is 0 Å². The number of carbonyl (C=O) groups is 1. The van der Waals surface area contributed by atoms with E-state index in [0.717, 1.165) is 16.5 Å². The van der Waals surface area contributed by atoms with Gasteiger partial charge in [0.2, 0.25) is 0 Å². The molecule has 2 aromatic rings. The topological polar surface area (TPSA) is 92.7 Å². The van der Waals surface area contributed by atoms with Crippen molar-refractivity contribution in [2.75, 3.05) is 25.4 Å². The summed E-state index contributed by atoms with van der Waals surface area (Å²) in [5.74, 6) is -0.788. The van der Waals surface area contributed by atoms with Gasteiger partial charge in [-0.1, -0.05) is 18.5 Å². The first kappa shape index (κ1) is 28.3. The zero-order valence-electron chi connectivity index (χ0n) is 18.5. The molecule has 0 saturated carbocycles. The number of carboxylic acid groups (broad SMARTS) is 1. The molecular formula is C22H25ClF3NO5S2. The van der Waals surface area contributed by atoms with Gasteiger partial charge in [0, 0.05) is 16.7 Å². The van der Waals surface area contributed by atoms with E-state index in [4.69, 9.17) is 21.4 Å². The molecule has 1 atom stereocenters. The number of thioether (sulfide) groups is 1. The van der Waals surface area contributed by atoms with Crippen molar-refractivity contribution in [1.29, 1.82) is 0 Å². The van der Waals surface area contributed by atoms with Crippen molar-refractivity contribution in [2.45, 2.75) is 41.5 Å². The first-order valence-electron chi connectivity index (χ1n) is 10.2. The highest BCUT2D eigenvalue weighted by atomic mass is 35.5. The molecule has 0 bridgehead atoms. The number of sulfone groups is 1. The fourth-order valence-corrected chi connectivity index (χ4v) is 5.97. The van der Waals surface area contributed by atoms with Crippen molar-refractivity contribution in [1.82, 2.24) is 5.32 Å². The lowest BCUT2D eigenvalue weighted by atomic mass is 10.2. The summed E-state index contributed by atoms with van der Waals surface area (Å²) in [4.78, 5) is 11.3. The summed E-state index contributed by atoms with van der Waals surface area (Å²) in [6.45, 7) is 4.42. The molecule has 34 heavy (non-hydrogen) atoms. The first-order valence-corrected chi connectivity index (χ1v) is 13.1. The quantitative estimate of drug-likeness (QED) is 0.287. The largest absolute Gasteiger partial charge is 0.482 e. The van der Waals surface area contributed by atoms with E-state index in [2.05, 4.69) is 5.32 Å². The Morgan fingerprint density at radius 3 is 2.53 bits per heavy atom. The Bertz CT molecular complexity index is 1110. The Hall–Kier alpha value is -1.95. The van der Waals surface area contributed by atoms with Gasteiger partial charge < -0.3 is 15.2 Å². The van der Waals surface area contributed by atoms with Crippen LogP contribution in [0.1, 0.15) is 24.5 Å². The molecule has 0 radical (unpaired) electrons. The number of hydrogen-bond donors (Lipinski definition) is 2. The van der Waals surface area contributed by atoms with Crippen LogP contribution < -0.4 is 10.1 Å². The second-order valence-corrected chi connectivity index (χ2v) is 11.6. The predicted molar refractivity (Wildman–Crippen MR) is 126 cm³/mol. The van der Waals surface area contributed by atoms with E-state index >= 15 is 0 Å². The lowest BCUT2D eigenvalue weighted by molar-refractivity contribution is -0.139. The Morgan fingerprint density at radius 2 is 1.94 bits per heavy atom. The minimum atomic E-state index is -4.60. The SMILES string of the molecule is Cc1cc(SC(C)CNCCCS(=O)(=O)c2ccc(C(F)(F)F)cc2Cl)ccc1OCC(=O)O. The molecule has 2 rings (SSSR count). The van der Waals surface area contributed by atoms with Crippen LogP contribution in [0.5, 0.6) is 5.75 Å². The van der Waals surface area contributed by atoms with Crippen LogP contribution in [-0.2, 0) is 20.8 Å². The molecule has 0 aliphatic heterocycles. The second kappa shape index (κ2) is 12.1. The Kier molecular flexibility index (Phi) is 10.1. The molecule has 1 unspecified atom stereocenters. The maximum absolute atomic E-state index is 12.7. The molecule has 6 nitrogen and oxygen atoms in total. The number of rotatable bonds is 12. The highest BCUT2D eigenvalue weighted by molar-refractivity contribution is 8.00. The molecular weight excluding hydrogens is 515 g/mol. The molecule has 0 spiro atoms. The lowest BCUT2D eigenvalue weighted by Gasteiger charge is -2.14. The van der Waals surface area contributed by atoms with Gasteiger partial charge >= 0.3 is 12.1 Å². The summed E-state index contributed by atoms with van der Waals surface area (Å²) in [5.41, 5.74) is -0.180. The van der Waals surface area contributed by atoms with Crippen molar-refractivity contribution < 1.29 is 36.2 Å². The van der Waals surface area contributed by atoms with Gasteiger partial charge in [-0.15, -0.1) is 11.8 Å². The van der Waals surface area contributed by atoms with Crippen LogP contribution >= 0.6 is 23.4 Å². The van der Waals surface area contributed by atoms with Crippen LogP contribution in [0.15, 0.2) is 46.2 Å². The van der Waals surface area contributed by atoms with Gasteiger partial charge in [0.25, 0.3) is 0 Å². The van der Waals surface area contributed by atoms with Gasteiger partial charge in [-0.2, -0.15) is 13.2 Å². The minimum Gasteiger partial charge on any atom is -0.482 e. The average molecular weight is 540 g/mol. The number of alkyl halides is 3. The van der Waals surface area contributed by atoms with Crippen LogP contribution in [0.2, 0.25) is 5.02 Å². The third kappa shape index (κ3) is 8.68. The fraction of sp³-hybridized carbons (Fsp3) is 0.409. The van der Waals surface area contributed by atoms with E-state index in [0.29, 0.717) is 31.0 Å². The molecule has 0 aliphatic rings. The van der Waals surface area contributed by atoms with Crippen LogP contribution in [0.25, 0.3) is 0 Å². The Balaban J connectivity index is 1.79. The molecule has 0 aromatic heterocycles. The molecule has 188 valence electrons. The number of nitrogens with one attached hydrogen (secondary N) is 1.